The lowest BCUT2D eigenvalue weighted by Gasteiger charge is -2.34. The van der Waals surface area contributed by atoms with Crippen molar-refractivity contribution >= 4 is 79.4 Å². The lowest BCUT2D eigenvalue weighted by atomic mass is 10.2. The van der Waals surface area contributed by atoms with Crippen LogP contribution >= 0.6 is 46.1 Å². The largest absolute Gasteiger partial charge is 0.335 e. The number of nitrogens with one attached hydrogen (secondary N) is 1. The molecule has 33 heavy (non-hydrogen) atoms. The molecule has 0 unspecified atom stereocenters. The maximum absolute atomic E-state index is 13.0. The maximum atomic E-state index is 13.0. The van der Waals surface area contributed by atoms with Crippen LogP contribution in [0.2, 0.25) is 15.1 Å². The fourth-order valence-electron chi connectivity index (χ4n) is 3.54. The van der Waals surface area contributed by atoms with Crippen LogP contribution in [0.25, 0.3) is 10.1 Å². The highest BCUT2D eigenvalue weighted by Crippen LogP contribution is 2.37. The average Bonchev–Trinajstić information content (AvgIpc) is 3.10. The lowest BCUT2D eigenvalue weighted by molar-refractivity contribution is -0.384. The summed E-state index contributed by atoms with van der Waals surface area (Å²) in [5.74, 6) is -0.494. The number of anilines is 1. The van der Waals surface area contributed by atoms with E-state index in [4.69, 9.17) is 34.8 Å². The molecule has 4 rings (SSSR count). The Labute approximate surface area is 207 Å². The average molecular weight is 528 g/mol. The van der Waals surface area contributed by atoms with Crippen molar-refractivity contribution in [2.24, 2.45) is 0 Å². The van der Waals surface area contributed by atoms with E-state index < -0.39 is 4.92 Å². The van der Waals surface area contributed by atoms with Gasteiger partial charge in [-0.15, -0.1) is 11.3 Å². The van der Waals surface area contributed by atoms with Gasteiger partial charge in [0.25, 0.3) is 11.6 Å². The summed E-state index contributed by atoms with van der Waals surface area (Å²) >= 11 is 19.8. The summed E-state index contributed by atoms with van der Waals surface area (Å²) in [5, 5.41) is 15.6. The molecule has 0 saturated carbocycles. The van der Waals surface area contributed by atoms with Gasteiger partial charge in [0.1, 0.15) is 4.88 Å². The summed E-state index contributed by atoms with van der Waals surface area (Å²) in [6.07, 6.45) is 0. The highest BCUT2D eigenvalue weighted by molar-refractivity contribution is 7.21. The predicted molar refractivity (Wildman–Crippen MR) is 131 cm³/mol. The Morgan fingerprint density at radius 2 is 1.79 bits per heavy atom. The van der Waals surface area contributed by atoms with E-state index in [9.17, 15) is 19.7 Å². The van der Waals surface area contributed by atoms with Crippen molar-refractivity contribution in [3.05, 3.63) is 66.5 Å². The number of nitro groups is 1. The third-order valence-electron chi connectivity index (χ3n) is 5.25. The van der Waals surface area contributed by atoms with Gasteiger partial charge in [0.2, 0.25) is 5.91 Å². The number of hydrogen-bond donors (Lipinski definition) is 1. The molecule has 1 aliphatic heterocycles. The van der Waals surface area contributed by atoms with Gasteiger partial charge in [-0.25, -0.2) is 0 Å². The van der Waals surface area contributed by atoms with Gasteiger partial charge in [0, 0.05) is 53.4 Å². The summed E-state index contributed by atoms with van der Waals surface area (Å²) in [5.41, 5.74) is 0.0215. The lowest BCUT2D eigenvalue weighted by Crippen LogP contribution is -2.50. The van der Waals surface area contributed by atoms with E-state index in [1.54, 1.807) is 23.1 Å². The maximum Gasteiger partial charge on any atom is 0.271 e. The normalized spacial score (nSPS) is 14.5. The SMILES string of the molecule is O=C(CN1CCN(C(=O)c2sc3cc(Cl)ccc3c2Cl)CC1)Nc1cc([N+](=O)[O-])ccc1Cl. The molecule has 0 aliphatic carbocycles. The first kappa shape index (κ1) is 23.7. The monoisotopic (exact) mass is 526 g/mol. The molecule has 2 heterocycles. The molecule has 2 amide bonds. The van der Waals surface area contributed by atoms with E-state index in [1.807, 2.05) is 4.90 Å². The molecule has 172 valence electrons. The molecule has 1 fully saturated rings. The summed E-state index contributed by atoms with van der Waals surface area (Å²) in [4.78, 5) is 39.9. The molecule has 1 aliphatic rings. The standard InChI is InChI=1S/C21H17Cl3N4O4S/c22-12-1-3-14-17(9-12)33-20(19(14)24)21(30)27-7-5-26(6-8-27)11-18(29)25-16-10-13(28(31)32)2-4-15(16)23/h1-4,9-10H,5-8,11H2,(H,25,29). The molecule has 0 bridgehead atoms. The number of thiophene rings is 1. The Hall–Kier alpha value is -2.43. The van der Waals surface area contributed by atoms with E-state index in [-0.39, 0.29) is 34.8 Å². The molecule has 12 heteroatoms. The number of amides is 2. The number of non-ortho nitro benzene ring substituents is 1. The van der Waals surface area contributed by atoms with Gasteiger partial charge < -0.3 is 10.2 Å². The fraction of sp³-hybridized carbons (Fsp3) is 0.238. The molecule has 8 nitrogen and oxygen atoms in total. The highest BCUT2D eigenvalue weighted by Gasteiger charge is 2.27. The third kappa shape index (κ3) is 5.23. The van der Waals surface area contributed by atoms with Crippen molar-refractivity contribution in [1.29, 1.82) is 0 Å². The van der Waals surface area contributed by atoms with E-state index in [2.05, 4.69) is 5.32 Å². The zero-order valence-corrected chi connectivity index (χ0v) is 20.1. The van der Waals surface area contributed by atoms with Crippen LogP contribution < -0.4 is 5.32 Å². The molecule has 2 aromatic carbocycles. The summed E-state index contributed by atoms with van der Waals surface area (Å²) < 4.78 is 0.853. The van der Waals surface area contributed by atoms with Gasteiger partial charge in [0.15, 0.2) is 0 Å². The number of nitro benzene ring substituents is 1. The topological polar surface area (TPSA) is 95.8 Å². The zero-order chi connectivity index (χ0) is 23.7. The summed E-state index contributed by atoms with van der Waals surface area (Å²) in [7, 11) is 0. The quantitative estimate of drug-likeness (QED) is 0.365. The van der Waals surface area contributed by atoms with Crippen LogP contribution in [0.3, 0.4) is 0 Å². The molecule has 3 aromatic rings. The minimum absolute atomic E-state index is 0.0726. The van der Waals surface area contributed by atoms with E-state index >= 15 is 0 Å². The molecule has 1 N–H and O–H groups in total. The van der Waals surface area contributed by atoms with Crippen molar-refractivity contribution in [2.75, 3.05) is 38.0 Å². The Bertz CT molecular complexity index is 1260. The molecular formula is C21H17Cl3N4O4S. The molecule has 0 spiro atoms. The first-order valence-electron chi connectivity index (χ1n) is 9.86. The van der Waals surface area contributed by atoms with Gasteiger partial charge in [-0.3, -0.25) is 24.6 Å². The summed E-state index contributed by atoms with van der Waals surface area (Å²) in [6, 6.07) is 9.18. The second-order valence-electron chi connectivity index (χ2n) is 7.42. The van der Waals surface area contributed by atoms with Crippen LogP contribution in [0.1, 0.15) is 9.67 Å². The minimum Gasteiger partial charge on any atom is -0.335 e. The number of halogens is 3. The highest BCUT2D eigenvalue weighted by atomic mass is 35.5. The molecular weight excluding hydrogens is 511 g/mol. The van der Waals surface area contributed by atoms with E-state index in [0.29, 0.717) is 41.1 Å². The first-order chi connectivity index (χ1) is 15.7. The van der Waals surface area contributed by atoms with E-state index in [1.165, 1.54) is 29.5 Å². The Balaban J connectivity index is 1.35. The van der Waals surface area contributed by atoms with Gasteiger partial charge >= 0.3 is 0 Å². The van der Waals surface area contributed by atoms with Crippen LogP contribution in [-0.4, -0.2) is 59.3 Å². The molecule has 0 atom stereocenters. The third-order valence-corrected chi connectivity index (χ3v) is 7.46. The van der Waals surface area contributed by atoms with Gasteiger partial charge in [-0.05, 0) is 18.2 Å². The van der Waals surface area contributed by atoms with Crippen molar-refractivity contribution in [3.63, 3.8) is 0 Å². The fourth-order valence-corrected chi connectivity index (χ4v) is 5.47. The second kappa shape index (κ2) is 9.82. The van der Waals surface area contributed by atoms with Gasteiger partial charge in [0.05, 0.1) is 27.2 Å². The number of carbonyl (C=O) groups is 2. The second-order valence-corrected chi connectivity index (χ2v) is 9.70. The van der Waals surface area contributed by atoms with Crippen molar-refractivity contribution in [3.8, 4) is 0 Å². The molecule has 1 aromatic heterocycles. The number of piperazine rings is 1. The van der Waals surface area contributed by atoms with Crippen LogP contribution in [0.15, 0.2) is 36.4 Å². The first-order valence-corrected chi connectivity index (χ1v) is 11.8. The van der Waals surface area contributed by atoms with Crippen molar-refractivity contribution in [2.45, 2.75) is 0 Å². The number of nitrogens with zero attached hydrogens (tertiary/aromatic N) is 3. The number of benzene rings is 2. The van der Waals surface area contributed by atoms with Crippen LogP contribution in [0.5, 0.6) is 0 Å². The zero-order valence-electron chi connectivity index (χ0n) is 17.0. The number of carbonyl (C=O) groups excluding carboxylic acids is 2. The Morgan fingerprint density at radius 1 is 1.06 bits per heavy atom. The summed E-state index contributed by atoms with van der Waals surface area (Å²) in [6.45, 7) is 1.94. The smallest absolute Gasteiger partial charge is 0.271 e. The number of hydrogen-bond acceptors (Lipinski definition) is 6. The van der Waals surface area contributed by atoms with Crippen LogP contribution in [-0.2, 0) is 4.79 Å². The van der Waals surface area contributed by atoms with Crippen LogP contribution in [0, 0.1) is 10.1 Å². The number of fused-ring (bicyclic) bond motifs is 1. The number of rotatable bonds is 5. The van der Waals surface area contributed by atoms with Crippen molar-refractivity contribution in [1.82, 2.24) is 9.80 Å². The molecule has 1 saturated heterocycles. The van der Waals surface area contributed by atoms with Gasteiger partial charge in [-0.1, -0.05) is 40.9 Å². The van der Waals surface area contributed by atoms with Crippen LogP contribution in [0.4, 0.5) is 11.4 Å². The Morgan fingerprint density at radius 3 is 2.48 bits per heavy atom. The predicted octanol–water partition coefficient (Wildman–Crippen LogP) is 5.17. The molecule has 0 radical (unpaired) electrons. The Kier molecular flexibility index (Phi) is 7.06. The minimum atomic E-state index is -0.556. The van der Waals surface area contributed by atoms with Crippen molar-refractivity contribution < 1.29 is 14.5 Å². The van der Waals surface area contributed by atoms with E-state index in [0.717, 1.165) is 10.1 Å². The van der Waals surface area contributed by atoms with Gasteiger partial charge in [-0.2, -0.15) is 0 Å².